The third kappa shape index (κ3) is 2.99. The number of hydrogen-bond donors (Lipinski definition) is 0. The average Bonchev–Trinajstić information content (AvgIpc) is 3.44. The number of aromatic nitrogens is 2. The van der Waals surface area contributed by atoms with Gasteiger partial charge in [-0.15, -0.1) is 0 Å². The number of hydrogen-bond acceptors (Lipinski definition) is 6. The van der Waals surface area contributed by atoms with Crippen LogP contribution in [0.2, 0.25) is 5.02 Å². The summed E-state index contributed by atoms with van der Waals surface area (Å²) >= 11 is 7.58. The highest BCUT2D eigenvalue weighted by atomic mass is 35.5. The molecule has 0 N–H and O–H groups in total. The Kier molecular flexibility index (Phi) is 4.42. The van der Waals surface area contributed by atoms with Gasteiger partial charge in [0.25, 0.3) is 5.56 Å². The summed E-state index contributed by atoms with van der Waals surface area (Å²) in [5, 5.41) is 0.439. The number of carbonyl (C=O) groups is 1. The van der Waals surface area contributed by atoms with Gasteiger partial charge in [-0.3, -0.25) is 4.79 Å². The zero-order chi connectivity index (χ0) is 20.8. The highest BCUT2D eigenvalue weighted by molar-refractivity contribution is 7.15. The highest BCUT2D eigenvalue weighted by Gasteiger charge is 2.14. The quantitative estimate of drug-likeness (QED) is 0.397. The summed E-state index contributed by atoms with van der Waals surface area (Å²) in [5.41, 5.74) is 2.35. The molecule has 2 aromatic carbocycles. The number of thiazole rings is 1. The summed E-state index contributed by atoms with van der Waals surface area (Å²) in [5.74, 6) is 0.517. The molecule has 0 saturated heterocycles. The molecule has 3 aromatic heterocycles. The van der Waals surface area contributed by atoms with Crippen LogP contribution >= 0.6 is 22.9 Å². The molecule has 0 atom stereocenters. The molecule has 8 heteroatoms. The van der Waals surface area contributed by atoms with Gasteiger partial charge in [0.05, 0.1) is 28.7 Å². The number of rotatable bonds is 3. The molecule has 0 aliphatic heterocycles. The summed E-state index contributed by atoms with van der Waals surface area (Å²) in [6.07, 6.45) is 1.68. The lowest BCUT2D eigenvalue weighted by Gasteiger charge is -2.04. The topological polar surface area (TPSA) is 73.8 Å². The maximum absolute atomic E-state index is 12.9. The van der Waals surface area contributed by atoms with Crippen molar-refractivity contribution in [1.29, 1.82) is 0 Å². The monoisotopic (exact) mass is 436 g/mol. The summed E-state index contributed by atoms with van der Waals surface area (Å²) < 4.78 is 12.8. The molecule has 3 heterocycles. The lowest BCUT2D eigenvalue weighted by Crippen LogP contribution is -2.22. The Morgan fingerprint density at radius 2 is 2.03 bits per heavy atom. The van der Waals surface area contributed by atoms with Gasteiger partial charge in [-0.05, 0) is 42.5 Å². The van der Waals surface area contributed by atoms with E-state index < -0.39 is 5.97 Å². The molecule has 5 aromatic rings. The van der Waals surface area contributed by atoms with E-state index in [4.69, 9.17) is 20.8 Å². The van der Waals surface area contributed by atoms with Crippen molar-refractivity contribution >= 4 is 51.0 Å². The van der Waals surface area contributed by atoms with Crippen molar-refractivity contribution in [2.24, 2.45) is 0 Å². The Hall–Kier alpha value is -3.42. The van der Waals surface area contributed by atoms with E-state index >= 15 is 0 Å². The standard InChI is InChI=1S/C22H13ClN2O4S/c1-28-21(27)12-6-8-15(23)14(10-12)18-9-7-13(29-18)11-19-20(26)25-17-5-3-2-4-16(17)24-22(25)30-19/h2-11H,1H3/b19-11+. The molecule has 5 rings (SSSR count). The van der Waals surface area contributed by atoms with Gasteiger partial charge in [-0.2, -0.15) is 0 Å². The van der Waals surface area contributed by atoms with E-state index in [1.165, 1.54) is 18.4 Å². The number of nitrogens with zero attached hydrogens (tertiary/aromatic N) is 2. The van der Waals surface area contributed by atoms with Gasteiger partial charge in [-0.1, -0.05) is 35.1 Å². The van der Waals surface area contributed by atoms with E-state index in [-0.39, 0.29) is 5.56 Å². The number of imidazole rings is 1. The van der Waals surface area contributed by atoms with E-state index in [9.17, 15) is 9.59 Å². The first kappa shape index (κ1) is 18.6. The predicted molar refractivity (Wildman–Crippen MR) is 116 cm³/mol. The van der Waals surface area contributed by atoms with Gasteiger partial charge in [0.2, 0.25) is 0 Å². The highest BCUT2D eigenvalue weighted by Crippen LogP contribution is 2.31. The zero-order valence-electron chi connectivity index (χ0n) is 15.6. The fourth-order valence-electron chi connectivity index (χ4n) is 3.28. The largest absolute Gasteiger partial charge is 0.465 e. The third-order valence-corrected chi connectivity index (χ3v) is 6.00. The molecular weight excluding hydrogens is 424 g/mol. The van der Waals surface area contributed by atoms with Crippen LogP contribution in [0.4, 0.5) is 0 Å². The van der Waals surface area contributed by atoms with Gasteiger partial charge < -0.3 is 9.15 Å². The maximum atomic E-state index is 12.9. The van der Waals surface area contributed by atoms with E-state index in [0.29, 0.717) is 37.2 Å². The Balaban J connectivity index is 1.58. The van der Waals surface area contributed by atoms with Crippen LogP contribution in [0.5, 0.6) is 0 Å². The normalized spacial score (nSPS) is 12.1. The number of esters is 1. The molecule has 0 spiro atoms. The summed E-state index contributed by atoms with van der Waals surface area (Å²) in [4.78, 5) is 29.8. The molecule has 0 saturated carbocycles. The number of fused-ring (bicyclic) bond motifs is 3. The van der Waals surface area contributed by atoms with Crippen molar-refractivity contribution < 1.29 is 13.9 Å². The van der Waals surface area contributed by atoms with Crippen LogP contribution in [0, 0.1) is 0 Å². The molecule has 0 amide bonds. The van der Waals surface area contributed by atoms with Gasteiger partial charge in [-0.25, -0.2) is 14.2 Å². The number of ether oxygens (including phenoxy) is 1. The fourth-order valence-corrected chi connectivity index (χ4v) is 4.45. The lowest BCUT2D eigenvalue weighted by molar-refractivity contribution is 0.0601. The number of carbonyl (C=O) groups excluding carboxylic acids is 1. The van der Waals surface area contributed by atoms with Crippen LogP contribution in [0.15, 0.2) is 63.8 Å². The van der Waals surface area contributed by atoms with Gasteiger partial charge >= 0.3 is 5.97 Å². The molecule has 0 bridgehead atoms. The first-order chi connectivity index (χ1) is 14.5. The molecular formula is C22H13ClN2O4S. The minimum Gasteiger partial charge on any atom is -0.465 e. The van der Waals surface area contributed by atoms with Crippen LogP contribution in [0.3, 0.4) is 0 Å². The molecule has 148 valence electrons. The van der Waals surface area contributed by atoms with Crippen LogP contribution in [-0.2, 0) is 4.74 Å². The number of benzene rings is 2. The summed E-state index contributed by atoms with van der Waals surface area (Å²) in [7, 11) is 1.32. The van der Waals surface area contributed by atoms with Crippen molar-refractivity contribution in [3.63, 3.8) is 0 Å². The van der Waals surface area contributed by atoms with Crippen LogP contribution in [-0.4, -0.2) is 22.5 Å². The molecule has 0 fully saturated rings. The summed E-state index contributed by atoms with van der Waals surface area (Å²) in [6.45, 7) is 0. The molecule has 0 aliphatic carbocycles. The van der Waals surface area contributed by atoms with Crippen LogP contribution < -0.4 is 10.1 Å². The van der Waals surface area contributed by atoms with Crippen LogP contribution in [0.1, 0.15) is 16.1 Å². The second-order valence-corrected chi connectivity index (χ2v) is 7.94. The first-order valence-electron chi connectivity index (χ1n) is 8.95. The Bertz CT molecular complexity index is 1550. The van der Waals surface area contributed by atoms with Crippen molar-refractivity contribution in [2.45, 2.75) is 0 Å². The Morgan fingerprint density at radius 1 is 1.20 bits per heavy atom. The summed E-state index contributed by atoms with van der Waals surface area (Å²) in [6, 6.07) is 15.8. The van der Waals surface area contributed by atoms with E-state index in [1.807, 2.05) is 24.3 Å². The minimum atomic E-state index is -0.462. The van der Waals surface area contributed by atoms with Crippen molar-refractivity contribution in [3.05, 3.63) is 85.8 Å². The van der Waals surface area contributed by atoms with E-state index in [2.05, 4.69) is 4.98 Å². The van der Waals surface area contributed by atoms with Gasteiger partial charge in [0, 0.05) is 11.6 Å². The van der Waals surface area contributed by atoms with Crippen molar-refractivity contribution in [1.82, 2.24) is 9.38 Å². The second kappa shape index (κ2) is 7.12. The Morgan fingerprint density at radius 3 is 2.87 bits per heavy atom. The van der Waals surface area contributed by atoms with Crippen molar-refractivity contribution in [2.75, 3.05) is 7.11 Å². The van der Waals surface area contributed by atoms with E-state index in [0.717, 1.165) is 11.0 Å². The Labute approximate surface area is 178 Å². The number of para-hydroxylation sites is 2. The SMILES string of the molecule is COC(=O)c1ccc(Cl)c(-c2ccc(/C=c3/sc4nc5ccccc5n4c3=O)o2)c1. The lowest BCUT2D eigenvalue weighted by atomic mass is 10.1. The predicted octanol–water partition coefficient (Wildman–Crippen LogP) is 4.16. The smallest absolute Gasteiger partial charge is 0.337 e. The number of halogens is 1. The second-order valence-electron chi connectivity index (χ2n) is 6.52. The molecule has 0 aliphatic rings. The molecule has 0 unspecified atom stereocenters. The number of methoxy groups -OCH3 is 1. The maximum Gasteiger partial charge on any atom is 0.337 e. The van der Waals surface area contributed by atoms with Gasteiger partial charge in [0.15, 0.2) is 4.96 Å². The fraction of sp³-hybridized carbons (Fsp3) is 0.0455. The molecule has 30 heavy (non-hydrogen) atoms. The minimum absolute atomic E-state index is 0.146. The van der Waals surface area contributed by atoms with Crippen LogP contribution in [0.25, 0.3) is 33.4 Å². The molecule has 0 radical (unpaired) electrons. The number of furan rings is 1. The van der Waals surface area contributed by atoms with Crippen molar-refractivity contribution in [3.8, 4) is 11.3 Å². The third-order valence-electron chi connectivity index (χ3n) is 4.70. The first-order valence-corrected chi connectivity index (χ1v) is 10.1. The average molecular weight is 437 g/mol. The molecule has 6 nitrogen and oxygen atoms in total. The van der Waals surface area contributed by atoms with E-state index in [1.54, 1.807) is 40.8 Å². The zero-order valence-corrected chi connectivity index (χ0v) is 17.2. The van der Waals surface area contributed by atoms with Gasteiger partial charge in [0.1, 0.15) is 16.1 Å².